The van der Waals surface area contributed by atoms with Gasteiger partial charge in [-0.05, 0) is 37.1 Å². The Bertz CT molecular complexity index is 702. The second kappa shape index (κ2) is 6.58. The number of aryl methyl sites for hydroxylation is 2. The first kappa shape index (κ1) is 16.0. The Balaban J connectivity index is 2.54. The summed E-state index contributed by atoms with van der Waals surface area (Å²) in [7, 11) is 0. The standard InChI is InChI=1S/C15H13Br2NO3/c1-9-5-10(2)15(13(6-9)18(19)20)21-14-7-12(17)4-3-11(14)8-16/h3-7H,8H2,1-2H3. The lowest BCUT2D eigenvalue weighted by Gasteiger charge is -2.13. The Hall–Kier alpha value is -1.40. The highest BCUT2D eigenvalue weighted by Crippen LogP contribution is 2.38. The molecule has 0 aromatic heterocycles. The molecule has 0 radical (unpaired) electrons. The molecule has 2 aromatic rings. The number of ether oxygens (including phenoxy) is 1. The Morgan fingerprint density at radius 1 is 1.24 bits per heavy atom. The second-order valence-corrected chi connectivity index (χ2v) is 6.15. The van der Waals surface area contributed by atoms with Gasteiger partial charge < -0.3 is 4.74 Å². The summed E-state index contributed by atoms with van der Waals surface area (Å²) in [6.45, 7) is 3.63. The van der Waals surface area contributed by atoms with Crippen LogP contribution in [0.2, 0.25) is 0 Å². The van der Waals surface area contributed by atoms with Crippen LogP contribution in [0.1, 0.15) is 16.7 Å². The average molecular weight is 415 g/mol. The van der Waals surface area contributed by atoms with Crippen molar-refractivity contribution in [2.75, 3.05) is 0 Å². The topological polar surface area (TPSA) is 52.4 Å². The number of halogens is 2. The fourth-order valence-corrected chi connectivity index (χ4v) is 2.85. The van der Waals surface area contributed by atoms with E-state index in [0.717, 1.165) is 21.2 Å². The van der Waals surface area contributed by atoms with Gasteiger partial charge in [-0.1, -0.05) is 44.0 Å². The largest absolute Gasteiger partial charge is 0.449 e. The zero-order valence-corrected chi connectivity index (χ0v) is 14.7. The predicted octanol–water partition coefficient (Wildman–Crippen LogP) is 5.66. The molecule has 2 aromatic carbocycles. The van der Waals surface area contributed by atoms with Gasteiger partial charge in [-0.2, -0.15) is 0 Å². The molecule has 0 amide bonds. The number of rotatable bonds is 4. The quantitative estimate of drug-likeness (QED) is 0.368. The van der Waals surface area contributed by atoms with Gasteiger partial charge in [0, 0.05) is 21.4 Å². The SMILES string of the molecule is Cc1cc(C)c(Oc2cc(Br)ccc2CBr)c([N+](=O)[O-])c1. The maximum absolute atomic E-state index is 11.2. The summed E-state index contributed by atoms with van der Waals surface area (Å²) in [5.41, 5.74) is 2.48. The molecule has 0 fully saturated rings. The van der Waals surface area contributed by atoms with Crippen LogP contribution >= 0.6 is 31.9 Å². The average Bonchev–Trinajstić information content (AvgIpc) is 2.41. The molecule has 110 valence electrons. The third kappa shape index (κ3) is 3.63. The lowest BCUT2D eigenvalue weighted by atomic mass is 10.1. The smallest absolute Gasteiger partial charge is 0.312 e. The summed E-state index contributed by atoms with van der Waals surface area (Å²) in [5.74, 6) is 0.877. The molecule has 6 heteroatoms. The summed E-state index contributed by atoms with van der Waals surface area (Å²) in [6, 6.07) is 9.01. The van der Waals surface area contributed by atoms with Crippen molar-refractivity contribution < 1.29 is 9.66 Å². The van der Waals surface area contributed by atoms with Crippen LogP contribution in [0, 0.1) is 24.0 Å². The monoisotopic (exact) mass is 413 g/mol. The Kier molecular flexibility index (Phi) is 5.00. The van der Waals surface area contributed by atoms with Gasteiger partial charge in [0.05, 0.1) is 4.92 Å². The van der Waals surface area contributed by atoms with E-state index in [1.807, 2.05) is 25.1 Å². The molecular formula is C15H13Br2NO3. The van der Waals surface area contributed by atoms with E-state index in [1.54, 1.807) is 13.0 Å². The van der Waals surface area contributed by atoms with E-state index in [2.05, 4.69) is 31.9 Å². The first-order valence-corrected chi connectivity index (χ1v) is 8.11. The fourth-order valence-electron chi connectivity index (χ4n) is 2.04. The Morgan fingerprint density at radius 2 is 1.95 bits per heavy atom. The van der Waals surface area contributed by atoms with Crippen LogP contribution < -0.4 is 4.74 Å². The molecule has 0 aliphatic heterocycles. The van der Waals surface area contributed by atoms with Crippen LogP contribution in [0.5, 0.6) is 11.5 Å². The maximum Gasteiger partial charge on any atom is 0.312 e. The van der Waals surface area contributed by atoms with Crippen molar-refractivity contribution in [1.82, 2.24) is 0 Å². The summed E-state index contributed by atoms with van der Waals surface area (Å²) >= 11 is 6.78. The molecule has 0 atom stereocenters. The van der Waals surface area contributed by atoms with E-state index in [-0.39, 0.29) is 11.4 Å². The van der Waals surface area contributed by atoms with Gasteiger partial charge in [0.1, 0.15) is 5.75 Å². The molecule has 2 rings (SSSR count). The molecule has 4 nitrogen and oxygen atoms in total. The van der Waals surface area contributed by atoms with Crippen molar-refractivity contribution in [2.45, 2.75) is 19.2 Å². The Labute approximate surface area is 139 Å². The normalized spacial score (nSPS) is 10.5. The lowest BCUT2D eigenvalue weighted by Crippen LogP contribution is -1.98. The minimum Gasteiger partial charge on any atom is -0.449 e. The van der Waals surface area contributed by atoms with E-state index in [9.17, 15) is 10.1 Å². The molecule has 0 saturated heterocycles. The first-order chi connectivity index (χ1) is 9.92. The van der Waals surface area contributed by atoms with Crippen molar-refractivity contribution in [3.63, 3.8) is 0 Å². The van der Waals surface area contributed by atoms with Gasteiger partial charge in [-0.15, -0.1) is 0 Å². The molecular weight excluding hydrogens is 402 g/mol. The lowest BCUT2D eigenvalue weighted by molar-refractivity contribution is -0.385. The molecule has 21 heavy (non-hydrogen) atoms. The molecule has 0 bridgehead atoms. The summed E-state index contributed by atoms with van der Waals surface area (Å²) in [5, 5.41) is 11.9. The van der Waals surface area contributed by atoms with Gasteiger partial charge in [0.25, 0.3) is 0 Å². The highest BCUT2D eigenvalue weighted by Gasteiger charge is 2.20. The number of hydrogen-bond acceptors (Lipinski definition) is 3. The first-order valence-electron chi connectivity index (χ1n) is 6.20. The molecule has 0 spiro atoms. The molecule has 0 unspecified atom stereocenters. The van der Waals surface area contributed by atoms with Crippen molar-refractivity contribution in [3.05, 3.63) is 61.6 Å². The minimum absolute atomic E-state index is 0.0204. The van der Waals surface area contributed by atoms with Crippen LogP contribution in [0.4, 0.5) is 5.69 Å². The van der Waals surface area contributed by atoms with Gasteiger partial charge in [0.2, 0.25) is 5.75 Å². The molecule has 0 aliphatic rings. The zero-order chi connectivity index (χ0) is 15.6. The van der Waals surface area contributed by atoms with Gasteiger partial charge in [-0.3, -0.25) is 10.1 Å². The van der Waals surface area contributed by atoms with Crippen LogP contribution in [-0.4, -0.2) is 4.92 Å². The highest BCUT2D eigenvalue weighted by atomic mass is 79.9. The molecule has 0 heterocycles. The summed E-state index contributed by atoms with van der Waals surface area (Å²) in [4.78, 5) is 10.8. The van der Waals surface area contributed by atoms with E-state index in [4.69, 9.17) is 4.74 Å². The third-order valence-corrected chi connectivity index (χ3v) is 4.08. The third-order valence-electron chi connectivity index (χ3n) is 2.98. The number of nitrogens with zero attached hydrogens (tertiary/aromatic N) is 1. The van der Waals surface area contributed by atoms with Crippen LogP contribution in [0.25, 0.3) is 0 Å². The number of alkyl halides is 1. The predicted molar refractivity (Wildman–Crippen MR) is 89.4 cm³/mol. The van der Waals surface area contributed by atoms with Gasteiger partial charge in [0.15, 0.2) is 0 Å². The number of nitro benzene ring substituents is 1. The highest BCUT2D eigenvalue weighted by molar-refractivity contribution is 9.10. The molecule has 0 N–H and O–H groups in total. The van der Waals surface area contributed by atoms with E-state index >= 15 is 0 Å². The van der Waals surface area contributed by atoms with E-state index in [0.29, 0.717) is 11.1 Å². The van der Waals surface area contributed by atoms with Crippen molar-refractivity contribution >= 4 is 37.5 Å². The van der Waals surface area contributed by atoms with Crippen LogP contribution in [0.3, 0.4) is 0 Å². The Morgan fingerprint density at radius 3 is 2.57 bits per heavy atom. The fraction of sp³-hybridized carbons (Fsp3) is 0.200. The molecule has 0 aliphatic carbocycles. The minimum atomic E-state index is -0.416. The summed E-state index contributed by atoms with van der Waals surface area (Å²) in [6.07, 6.45) is 0. The summed E-state index contributed by atoms with van der Waals surface area (Å²) < 4.78 is 6.71. The van der Waals surface area contributed by atoms with Crippen molar-refractivity contribution in [1.29, 1.82) is 0 Å². The number of benzene rings is 2. The number of nitro groups is 1. The van der Waals surface area contributed by atoms with Crippen molar-refractivity contribution in [3.8, 4) is 11.5 Å². The van der Waals surface area contributed by atoms with Crippen LogP contribution in [-0.2, 0) is 5.33 Å². The second-order valence-electron chi connectivity index (χ2n) is 4.67. The van der Waals surface area contributed by atoms with E-state index in [1.165, 1.54) is 6.07 Å². The molecule has 0 saturated carbocycles. The van der Waals surface area contributed by atoms with Crippen molar-refractivity contribution in [2.24, 2.45) is 0 Å². The maximum atomic E-state index is 11.2. The zero-order valence-electron chi connectivity index (χ0n) is 11.5. The van der Waals surface area contributed by atoms with Gasteiger partial charge >= 0.3 is 5.69 Å². The van der Waals surface area contributed by atoms with Gasteiger partial charge in [-0.25, -0.2) is 0 Å². The van der Waals surface area contributed by atoms with E-state index < -0.39 is 4.92 Å². The number of hydrogen-bond donors (Lipinski definition) is 0. The van der Waals surface area contributed by atoms with Crippen LogP contribution in [0.15, 0.2) is 34.8 Å².